The van der Waals surface area contributed by atoms with Crippen molar-refractivity contribution in [2.45, 2.75) is 38.9 Å². The van der Waals surface area contributed by atoms with Gasteiger partial charge in [0.2, 0.25) is 5.91 Å². The van der Waals surface area contributed by atoms with Crippen molar-refractivity contribution in [3.8, 4) is 0 Å². The van der Waals surface area contributed by atoms with E-state index >= 15 is 0 Å². The number of thiocarbonyl (C=S) groups is 1. The molecule has 8 heteroatoms. The number of carbonyl (C=O) groups is 1. The fourth-order valence-corrected chi connectivity index (χ4v) is 6.13. The standard InChI is InChI=1S/C33H32N6OS/c1-22-20-27(23(2)39(22)21-24-13-17-34-18-14-24)32-31(29-11-5-6-16-35-29)37-33(41)38(32)19-15-30(40)36-28-12-7-9-25-8-3-4-10-26(25)28/h3-14,16-18,20,31-32H,15,19,21H2,1-2H3,(H,36,40)(H,37,41)/t31-,32+/m1/s1. The van der Waals surface area contributed by atoms with Crippen molar-refractivity contribution >= 4 is 39.7 Å². The average molecular weight is 561 g/mol. The monoisotopic (exact) mass is 560 g/mol. The van der Waals surface area contributed by atoms with Crippen LogP contribution in [0, 0.1) is 13.8 Å². The van der Waals surface area contributed by atoms with Crippen molar-refractivity contribution in [2.24, 2.45) is 0 Å². The molecule has 7 nitrogen and oxygen atoms in total. The molecule has 41 heavy (non-hydrogen) atoms. The summed E-state index contributed by atoms with van der Waals surface area (Å²) in [5.41, 5.74) is 6.44. The van der Waals surface area contributed by atoms with Crippen LogP contribution in [0.1, 0.15) is 46.7 Å². The van der Waals surface area contributed by atoms with Crippen molar-refractivity contribution in [1.82, 2.24) is 24.8 Å². The maximum absolute atomic E-state index is 13.2. The molecule has 0 saturated carbocycles. The topological polar surface area (TPSA) is 75.1 Å². The first-order valence-corrected chi connectivity index (χ1v) is 14.2. The molecule has 1 saturated heterocycles. The second-order valence-electron chi connectivity index (χ2n) is 10.4. The molecule has 0 bridgehead atoms. The minimum absolute atomic E-state index is 0.0488. The Bertz CT molecular complexity index is 1700. The zero-order valence-corrected chi connectivity index (χ0v) is 23.9. The highest BCUT2D eigenvalue weighted by Gasteiger charge is 2.41. The number of aryl methyl sites for hydroxylation is 1. The normalized spacial score (nSPS) is 16.6. The van der Waals surface area contributed by atoms with Crippen LogP contribution in [-0.4, -0.2) is 37.0 Å². The number of anilines is 1. The molecule has 1 aliphatic heterocycles. The first-order chi connectivity index (χ1) is 20.0. The second kappa shape index (κ2) is 11.5. The number of pyridine rings is 2. The minimum Gasteiger partial charge on any atom is -0.352 e. The number of nitrogens with zero attached hydrogens (tertiary/aromatic N) is 4. The van der Waals surface area contributed by atoms with Crippen molar-refractivity contribution in [1.29, 1.82) is 0 Å². The van der Waals surface area contributed by atoms with E-state index in [9.17, 15) is 4.79 Å². The number of nitrogens with one attached hydrogen (secondary N) is 2. The average Bonchev–Trinajstić information content (AvgIpc) is 3.47. The number of amides is 1. The molecule has 6 rings (SSSR count). The molecule has 1 aliphatic rings. The molecular formula is C33H32N6OS. The Morgan fingerprint density at radius 3 is 2.56 bits per heavy atom. The maximum atomic E-state index is 13.2. The minimum atomic E-state index is -0.139. The lowest BCUT2D eigenvalue weighted by molar-refractivity contribution is -0.116. The quantitative estimate of drug-likeness (QED) is 0.224. The lowest BCUT2D eigenvalue weighted by atomic mass is 9.96. The fourth-order valence-electron chi connectivity index (χ4n) is 5.80. The van der Waals surface area contributed by atoms with E-state index < -0.39 is 0 Å². The Morgan fingerprint density at radius 2 is 1.76 bits per heavy atom. The SMILES string of the molecule is Cc1cc([C@H]2[C@@H](c3ccccn3)NC(=S)N2CCC(=O)Nc2cccc3ccccc23)c(C)n1Cc1ccncc1. The van der Waals surface area contributed by atoms with Gasteiger partial charge in [-0.05, 0) is 79.0 Å². The predicted octanol–water partition coefficient (Wildman–Crippen LogP) is 6.10. The Hall–Kier alpha value is -4.56. The molecule has 0 aliphatic carbocycles. The van der Waals surface area contributed by atoms with E-state index in [0.717, 1.165) is 28.7 Å². The molecule has 0 unspecified atom stereocenters. The van der Waals surface area contributed by atoms with Gasteiger partial charge in [0.25, 0.3) is 0 Å². The van der Waals surface area contributed by atoms with Crippen LogP contribution in [0.25, 0.3) is 10.8 Å². The molecule has 3 aromatic heterocycles. The Morgan fingerprint density at radius 1 is 0.976 bits per heavy atom. The molecule has 2 atom stereocenters. The van der Waals surface area contributed by atoms with Crippen molar-refractivity contribution in [2.75, 3.05) is 11.9 Å². The molecule has 2 N–H and O–H groups in total. The predicted molar refractivity (Wildman–Crippen MR) is 167 cm³/mol. The summed E-state index contributed by atoms with van der Waals surface area (Å²) in [6.45, 7) is 5.53. The molecule has 5 aromatic rings. The Labute approximate surface area is 245 Å². The lowest BCUT2D eigenvalue weighted by Crippen LogP contribution is -2.33. The maximum Gasteiger partial charge on any atom is 0.226 e. The summed E-state index contributed by atoms with van der Waals surface area (Å²) in [7, 11) is 0. The summed E-state index contributed by atoms with van der Waals surface area (Å²) in [4.78, 5) is 24.2. The van der Waals surface area contributed by atoms with E-state index in [1.54, 1.807) is 0 Å². The van der Waals surface area contributed by atoms with E-state index in [1.165, 1.54) is 22.5 Å². The van der Waals surface area contributed by atoms with Gasteiger partial charge in [0, 0.05) is 60.6 Å². The van der Waals surface area contributed by atoms with Gasteiger partial charge in [-0.1, -0.05) is 42.5 Å². The number of hydrogen-bond donors (Lipinski definition) is 2. The molecule has 4 heterocycles. The van der Waals surface area contributed by atoms with Gasteiger partial charge in [-0.3, -0.25) is 14.8 Å². The van der Waals surface area contributed by atoms with Crippen LogP contribution in [-0.2, 0) is 11.3 Å². The van der Waals surface area contributed by atoms with Gasteiger partial charge < -0.3 is 20.1 Å². The van der Waals surface area contributed by atoms with Gasteiger partial charge in [0.05, 0.1) is 17.8 Å². The molecule has 206 valence electrons. The lowest BCUT2D eigenvalue weighted by Gasteiger charge is -2.28. The third kappa shape index (κ3) is 5.43. The molecule has 0 spiro atoms. The largest absolute Gasteiger partial charge is 0.352 e. The Balaban J connectivity index is 1.28. The third-order valence-corrected chi connectivity index (χ3v) is 8.22. The summed E-state index contributed by atoms with van der Waals surface area (Å²) >= 11 is 5.87. The van der Waals surface area contributed by atoms with Crippen molar-refractivity contribution in [3.63, 3.8) is 0 Å². The van der Waals surface area contributed by atoms with Crippen LogP contribution in [0.15, 0.2) is 97.5 Å². The molecule has 2 aromatic carbocycles. The van der Waals surface area contributed by atoms with Crippen LogP contribution in [0.3, 0.4) is 0 Å². The summed E-state index contributed by atoms with van der Waals surface area (Å²) in [6, 6.07) is 26.0. The van der Waals surface area contributed by atoms with E-state index in [2.05, 4.69) is 50.0 Å². The van der Waals surface area contributed by atoms with E-state index in [1.807, 2.05) is 91.4 Å². The van der Waals surface area contributed by atoms with Gasteiger partial charge in [0.15, 0.2) is 5.11 Å². The van der Waals surface area contributed by atoms with E-state index in [0.29, 0.717) is 18.1 Å². The smallest absolute Gasteiger partial charge is 0.226 e. The van der Waals surface area contributed by atoms with Gasteiger partial charge >= 0.3 is 0 Å². The van der Waals surface area contributed by atoms with E-state index in [-0.39, 0.29) is 18.0 Å². The first kappa shape index (κ1) is 26.7. The highest BCUT2D eigenvalue weighted by molar-refractivity contribution is 7.80. The summed E-state index contributed by atoms with van der Waals surface area (Å²) < 4.78 is 2.33. The van der Waals surface area contributed by atoms with Gasteiger partial charge in [-0.25, -0.2) is 0 Å². The number of benzene rings is 2. The van der Waals surface area contributed by atoms with E-state index in [4.69, 9.17) is 12.2 Å². The highest BCUT2D eigenvalue weighted by atomic mass is 32.1. The van der Waals surface area contributed by atoms with Gasteiger partial charge in [-0.15, -0.1) is 0 Å². The van der Waals surface area contributed by atoms with Crippen LogP contribution < -0.4 is 10.6 Å². The van der Waals surface area contributed by atoms with Gasteiger partial charge in [0.1, 0.15) is 0 Å². The summed E-state index contributed by atoms with van der Waals surface area (Å²) in [5.74, 6) is -0.0488. The fraction of sp³-hybridized carbons (Fsp3) is 0.212. The third-order valence-electron chi connectivity index (χ3n) is 7.86. The number of rotatable bonds is 8. The highest BCUT2D eigenvalue weighted by Crippen LogP contribution is 2.41. The summed E-state index contributed by atoms with van der Waals surface area (Å²) in [6.07, 6.45) is 5.76. The zero-order valence-electron chi connectivity index (χ0n) is 23.1. The zero-order chi connectivity index (χ0) is 28.3. The van der Waals surface area contributed by atoms with Gasteiger partial charge in [-0.2, -0.15) is 0 Å². The molecular weight excluding hydrogens is 528 g/mol. The van der Waals surface area contributed by atoms with Crippen LogP contribution in [0.5, 0.6) is 0 Å². The van der Waals surface area contributed by atoms with Crippen molar-refractivity contribution in [3.05, 3.63) is 126 Å². The molecule has 0 radical (unpaired) electrons. The number of aromatic nitrogens is 3. The molecule has 1 fully saturated rings. The number of fused-ring (bicyclic) bond motifs is 1. The molecule has 1 amide bonds. The first-order valence-electron chi connectivity index (χ1n) is 13.8. The Kier molecular flexibility index (Phi) is 7.48. The summed E-state index contributed by atoms with van der Waals surface area (Å²) in [5, 5.41) is 9.39. The van der Waals surface area contributed by atoms with Crippen LogP contribution >= 0.6 is 12.2 Å². The second-order valence-corrected chi connectivity index (χ2v) is 10.8. The van der Waals surface area contributed by atoms with Crippen molar-refractivity contribution < 1.29 is 4.79 Å². The van der Waals surface area contributed by atoms with Crippen LogP contribution in [0.2, 0.25) is 0 Å². The number of hydrogen-bond acceptors (Lipinski definition) is 4. The van der Waals surface area contributed by atoms with Crippen LogP contribution in [0.4, 0.5) is 5.69 Å². The number of carbonyl (C=O) groups excluding carboxylic acids is 1.